The van der Waals surface area contributed by atoms with Crippen LogP contribution >= 0.6 is 0 Å². The van der Waals surface area contributed by atoms with Crippen LogP contribution in [0.2, 0.25) is 0 Å². The van der Waals surface area contributed by atoms with Crippen LogP contribution in [0.5, 0.6) is 0 Å². The van der Waals surface area contributed by atoms with Crippen molar-refractivity contribution in [2.24, 2.45) is 16.8 Å². The molecule has 6 nitrogen and oxygen atoms in total. The molecule has 6 heteroatoms. The van der Waals surface area contributed by atoms with E-state index in [0.29, 0.717) is 11.6 Å². The molecule has 0 saturated carbocycles. The van der Waals surface area contributed by atoms with E-state index < -0.39 is 0 Å². The molecule has 2 heterocycles. The summed E-state index contributed by atoms with van der Waals surface area (Å²) in [6.07, 6.45) is 12.4. The van der Waals surface area contributed by atoms with E-state index in [1.165, 1.54) is 0 Å². The van der Waals surface area contributed by atoms with Gasteiger partial charge in [-0.05, 0) is 62.2 Å². The maximum Gasteiger partial charge on any atom is 0.110 e. The van der Waals surface area contributed by atoms with Crippen molar-refractivity contribution >= 4 is 16.7 Å². The van der Waals surface area contributed by atoms with Crippen molar-refractivity contribution in [3.63, 3.8) is 0 Å². The van der Waals surface area contributed by atoms with Gasteiger partial charge in [0.1, 0.15) is 5.71 Å². The minimum absolute atomic E-state index is 0.126. The first kappa shape index (κ1) is 17.5. The largest absolute Gasteiger partial charge is 0.410 e. The predicted octanol–water partition coefficient (Wildman–Crippen LogP) is 3.14. The number of nitrogens with zero attached hydrogens (tertiary/aromatic N) is 3. The van der Waals surface area contributed by atoms with Crippen molar-refractivity contribution in [2.75, 3.05) is 13.1 Å². The second-order valence-electron chi connectivity index (χ2n) is 7.08. The van der Waals surface area contributed by atoms with Gasteiger partial charge in [0.2, 0.25) is 0 Å². The Morgan fingerprint density at radius 2 is 2.11 bits per heavy atom. The third-order valence-corrected chi connectivity index (χ3v) is 5.53. The smallest absolute Gasteiger partial charge is 0.110 e. The minimum Gasteiger partial charge on any atom is -0.410 e. The molecule has 1 aromatic heterocycles. The molecule has 140 valence electrons. The Kier molecular flexibility index (Phi) is 5.07. The van der Waals surface area contributed by atoms with Crippen molar-refractivity contribution in [3.8, 4) is 0 Å². The number of nitrogens with one attached hydrogen (secondary N) is 1. The van der Waals surface area contributed by atoms with Crippen molar-refractivity contribution in [3.05, 3.63) is 66.2 Å². The van der Waals surface area contributed by atoms with Crippen LogP contribution in [-0.2, 0) is 0 Å². The van der Waals surface area contributed by atoms with E-state index in [4.69, 9.17) is 5.73 Å². The Labute approximate surface area is 158 Å². The molecule has 0 bridgehead atoms. The number of allylic oxidation sites excluding steroid dienone is 5. The maximum absolute atomic E-state index is 9.79. The number of imidazole rings is 1. The quantitative estimate of drug-likeness (QED) is 0.442. The Morgan fingerprint density at radius 3 is 2.89 bits per heavy atom. The molecule has 1 atom stereocenters. The lowest BCUT2D eigenvalue weighted by molar-refractivity contribution is 0.317. The maximum atomic E-state index is 9.79. The zero-order valence-corrected chi connectivity index (χ0v) is 15.3. The number of piperidine rings is 1. The number of oxime groups is 1. The van der Waals surface area contributed by atoms with Crippen LogP contribution < -0.4 is 11.1 Å². The molecule has 0 amide bonds. The monoisotopic (exact) mass is 363 g/mol. The molecule has 1 aliphatic heterocycles. The van der Waals surface area contributed by atoms with Crippen LogP contribution in [0.15, 0.2) is 71.3 Å². The predicted molar refractivity (Wildman–Crippen MR) is 108 cm³/mol. The summed E-state index contributed by atoms with van der Waals surface area (Å²) in [4.78, 5) is 4.50. The number of hydrogen-bond acceptors (Lipinski definition) is 5. The van der Waals surface area contributed by atoms with E-state index in [1.54, 1.807) is 6.20 Å². The Balaban J connectivity index is 1.60. The van der Waals surface area contributed by atoms with Gasteiger partial charge in [-0.2, -0.15) is 0 Å². The highest BCUT2D eigenvalue weighted by Gasteiger charge is 2.26. The third-order valence-electron chi connectivity index (χ3n) is 5.53. The van der Waals surface area contributed by atoms with Gasteiger partial charge < -0.3 is 20.8 Å². The molecule has 1 aromatic carbocycles. The molecule has 4 rings (SSSR count). The van der Waals surface area contributed by atoms with E-state index >= 15 is 0 Å². The third kappa shape index (κ3) is 3.40. The average Bonchev–Trinajstić information content (AvgIpc) is 3.17. The summed E-state index contributed by atoms with van der Waals surface area (Å²) in [6, 6.07) is 8.24. The molecule has 2 aliphatic rings. The fraction of sp³-hybridized carbons (Fsp3) is 0.333. The summed E-state index contributed by atoms with van der Waals surface area (Å²) < 4.78 is 2.17. The first-order valence-electron chi connectivity index (χ1n) is 9.46. The molecule has 2 aromatic rings. The fourth-order valence-electron chi connectivity index (χ4n) is 4.12. The van der Waals surface area contributed by atoms with E-state index in [-0.39, 0.29) is 6.04 Å². The molecule has 1 aliphatic carbocycles. The Morgan fingerprint density at radius 1 is 1.30 bits per heavy atom. The van der Waals surface area contributed by atoms with Crippen molar-refractivity contribution in [2.45, 2.75) is 25.3 Å². The van der Waals surface area contributed by atoms with Crippen LogP contribution in [0.25, 0.3) is 11.0 Å². The molecule has 0 spiro atoms. The minimum atomic E-state index is 0.126. The van der Waals surface area contributed by atoms with Crippen molar-refractivity contribution in [1.82, 2.24) is 14.9 Å². The van der Waals surface area contributed by atoms with Crippen LogP contribution in [0.1, 0.15) is 25.3 Å². The van der Waals surface area contributed by atoms with Gasteiger partial charge in [-0.3, -0.25) is 0 Å². The highest BCUT2D eigenvalue weighted by atomic mass is 16.4. The molecule has 0 radical (unpaired) electrons. The van der Waals surface area contributed by atoms with Crippen LogP contribution in [0.3, 0.4) is 0 Å². The zero-order valence-electron chi connectivity index (χ0n) is 15.3. The van der Waals surface area contributed by atoms with Gasteiger partial charge in [0.25, 0.3) is 0 Å². The lowest BCUT2D eigenvalue weighted by atomic mass is 9.83. The van der Waals surface area contributed by atoms with Gasteiger partial charge in [0.05, 0.1) is 23.4 Å². The molecular formula is C21H25N5O. The number of nitrogens with two attached hydrogens (primary N) is 1. The summed E-state index contributed by atoms with van der Waals surface area (Å²) in [7, 11) is 0. The Hall–Kier alpha value is -2.86. The molecule has 4 N–H and O–H groups in total. The first-order chi connectivity index (χ1) is 13.3. The first-order valence-corrected chi connectivity index (χ1v) is 9.46. The molecular weight excluding hydrogens is 338 g/mol. The molecule has 1 saturated heterocycles. The van der Waals surface area contributed by atoms with Crippen LogP contribution in [0, 0.1) is 5.92 Å². The topological polar surface area (TPSA) is 88.5 Å². The van der Waals surface area contributed by atoms with E-state index in [9.17, 15) is 5.21 Å². The molecule has 27 heavy (non-hydrogen) atoms. The van der Waals surface area contributed by atoms with Gasteiger partial charge in [-0.25, -0.2) is 4.98 Å². The summed E-state index contributed by atoms with van der Waals surface area (Å²) in [5, 5.41) is 16.8. The summed E-state index contributed by atoms with van der Waals surface area (Å²) >= 11 is 0. The SMILES string of the molecule is N/C=C(\C(=N\O)C1=CC=CC(n2cnc3ccccc32)C1)C1CCNCC1. The number of benzene rings is 1. The Bertz CT molecular complexity index is 931. The number of aromatic nitrogens is 2. The second-order valence-corrected chi connectivity index (χ2v) is 7.08. The molecule has 1 unspecified atom stereocenters. The van der Waals surface area contributed by atoms with Crippen molar-refractivity contribution < 1.29 is 5.21 Å². The zero-order chi connectivity index (χ0) is 18.6. The van der Waals surface area contributed by atoms with Gasteiger partial charge in [-0.1, -0.05) is 35.5 Å². The normalized spacial score (nSPS) is 22.2. The lowest BCUT2D eigenvalue weighted by Crippen LogP contribution is -2.31. The number of hydrogen-bond donors (Lipinski definition) is 3. The standard InChI is InChI=1S/C21H25N5O/c22-13-18(15-8-10-23-11-9-15)21(25-27)16-4-3-5-17(12-16)26-14-24-19-6-1-2-7-20(19)26/h1-7,13-15,17,23,27H,8-12,22H2/b18-13-,25-21+. The molecule has 1 fully saturated rings. The van der Waals surface area contributed by atoms with Gasteiger partial charge in [0, 0.05) is 5.57 Å². The number of fused-ring (bicyclic) bond motifs is 1. The average molecular weight is 363 g/mol. The summed E-state index contributed by atoms with van der Waals surface area (Å²) in [5.74, 6) is 0.321. The van der Waals surface area contributed by atoms with E-state index in [1.807, 2.05) is 36.7 Å². The van der Waals surface area contributed by atoms with Crippen LogP contribution in [0.4, 0.5) is 0 Å². The van der Waals surface area contributed by atoms with Gasteiger partial charge >= 0.3 is 0 Å². The highest BCUT2D eigenvalue weighted by molar-refractivity contribution is 6.12. The lowest BCUT2D eigenvalue weighted by Gasteiger charge is -2.28. The summed E-state index contributed by atoms with van der Waals surface area (Å²) in [5.41, 5.74) is 10.6. The second kappa shape index (κ2) is 7.80. The number of para-hydroxylation sites is 2. The highest BCUT2D eigenvalue weighted by Crippen LogP contribution is 2.32. The van der Waals surface area contributed by atoms with Crippen molar-refractivity contribution in [1.29, 1.82) is 0 Å². The van der Waals surface area contributed by atoms with E-state index in [0.717, 1.165) is 54.5 Å². The summed E-state index contributed by atoms with van der Waals surface area (Å²) in [6.45, 7) is 1.92. The number of rotatable bonds is 4. The van der Waals surface area contributed by atoms with E-state index in [2.05, 4.69) is 32.2 Å². The van der Waals surface area contributed by atoms with Gasteiger partial charge in [-0.15, -0.1) is 0 Å². The van der Waals surface area contributed by atoms with Gasteiger partial charge in [0.15, 0.2) is 0 Å². The fourth-order valence-corrected chi connectivity index (χ4v) is 4.12. The van der Waals surface area contributed by atoms with Crippen LogP contribution in [-0.4, -0.2) is 33.6 Å².